The van der Waals surface area contributed by atoms with Gasteiger partial charge in [-0.2, -0.15) is 5.10 Å². The summed E-state index contributed by atoms with van der Waals surface area (Å²) < 4.78 is 7.22. The fraction of sp³-hybridized carbons (Fsp3) is 0.538. The molecule has 0 aliphatic carbocycles. The smallest absolute Gasteiger partial charge is 0.248 e. The first kappa shape index (κ1) is 12.8. The number of amides is 1. The zero-order valence-corrected chi connectivity index (χ0v) is 10.6. The molecule has 1 fully saturated rings. The average molecular weight is 249 g/mol. The third-order valence-electron chi connectivity index (χ3n) is 3.00. The maximum atomic E-state index is 11.4. The highest BCUT2D eigenvalue weighted by Crippen LogP contribution is 2.17. The molecule has 0 aromatic carbocycles. The van der Waals surface area contributed by atoms with Gasteiger partial charge in [0.1, 0.15) is 0 Å². The molecule has 1 N–H and O–H groups in total. The lowest BCUT2D eigenvalue weighted by molar-refractivity contribution is -0.111. The van der Waals surface area contributed by atoms with Crippen LogP contribution in [0.2, 0.25) is 0 Å². The summed E-state index contributed by atoms with van der Waals surface area (Å²) in [6.07, 6.45) is 8.93. The number of nitrogens with one attached hydrogen (secondary N) is 1. The van der Waals surface area contributed by atoms with Crippen molar-refractivity contribution < 1.29 is 9.53 Å². The first-order chi connectivity index (χ1) is 8.78. The molecule has 1 aliphatic heterocycles. The number of anilines is 1. The molecule has 18 heavy (non-hydrogen) atoms. The predicted octanol–water partition coefficient (Wildman–Crippen LogP) is 1.82. The average Bonchev–Trinajstić information content (AvgIpc) is 2.78. The number of ether oxygens (including phenoxy) is 1. The maximum Gasteiger partial charge on any atom is 0.248 e. The van der Waals surface area contributed by atoms with Gasteiger partial charge in [-0.1, -0.05) is 6.08 Å². The van der Waals surface area contributed by atoms with Crippen LogP contribution in [0, 0.1) is 5.92 Å². The van der Waals surface area contributed by atoms with Gasteiger partial charge in [0.05, 0.1) is 11.9 Å². The number of rotatable bonds is 4. The number of hydrogen-bond acceptors (Lipinski definition) is 3. The third kappa shape index (κ3) is 3.70. The summed E-state index contributed by atoms with van der Waals surface area (Å²) in [7, 11) is 0. The molecule has 5 heteroatoms. The first-order valence-electron chi connectivity index (χ1n) is 6.32. The van der Waals surface area contributed by atoms with Gasteiger partial charge in [-0.15, -0.1) is 0 Å². The Kier molecular flexibility index (Phi) is 4.52. The number of carbonyl (C=O) groups is 1. The van der Waals surface area contributed by atoms with Gasteiger partial charge in [-0.25, -0.2) is 0 Å². The van der Waals surface area contributed by atoms with Crippen LogP contribution < -0.4 is 5.32 Å². The zero-order chi connectivity index (χ0) is 12.8. The van der Waals surface area contributed by atoms with Crippen molar-refractivity contribution in [1.82, 2.24) is 9.78 Å². The molecular weight excluding hydrogens is 230 g/mol. The highest BCUT2D eigenvalue weighted by atomic mass is 16.5. The fourth-order valence-corrected chi connectivity index (χ4v) is 2.06. The lowest BCUT2D eigenvalue weighted by atomic mass is 10.0. The largest absolute Gasteiger partial charge is 0.381 e. The van der Waals surface area contributed by atoms with E-state index < -0.39 is 0 Å². The highest BCUT2D eigenvalue weighted by molar-refractivity contribution is 5.98. The van der Waals surface area contributed by atoms with Crippen LogP contribution in [0.4, 0.5) is 5.69 Å². The van der Waals surface area contributed by atoms with Crippen molar-refractivity contribution in [3.8, 4) is 0 Å². The van der Waals surface area contributed by atoms with E-state index in [0.29, 0.717) is 5.92 Å². The fourth-order valence-electron chi connectivity index (χ4n) is 2.06. The standard InChI is InChI=1S/C13H19N3O2/c1-2-3-13(17)15-12-8-14-16(10-12)9-11-4-6-18-7-5-11/h2-3,8,10-11H,4-7,9H2,1H3,(H,15,17)/b3-2+. The van der Waals surface area contributed by atoms with Gasteiger partial charge in [0.2, 0.25) is 5.91 Å². The SMILES string of the molecule is C/C=C/C(=O)Nc1cnn(CC2CCOCC2)c1. The van der Waals surface area contributed by atoms with Crippen LogP contribution in [0.5, 0.6) is 0 Å². The van der Waals surface area contributed by atoms with E-state index in [1.807, 2.05) is 17.8 Å². The van der Waals surface area contributed by atoms with Crippen molar-refractivity contribution in [3.05, 3.63) is 24.5 Å². The molecule has 1 aromatic heterocycles. The van der Waals surface area contributed by atoms with Gasteiger partial charge in [-0.05, 0) is 31.8 Å². The summed E-state index contributed by atoms with van der Waals surface area (Å²) in [6, 6.07) is 0. The lowest BCUT2D eigenvalue weighted by Crippen LogP contribution is -2.20. The Hall–Kier alpha value is -1.62. The molecule has 2 heterocycles. The molecule has 1 aromatic rings. The van der Waals surface area contributed by atoms with Gasteiger partial charge in [0.15, 0.2) is 0 Å². The van der Waals surface area contributed by atoms with Crippen LogP contribution in [-0.4, -0.2) is 28.9 Å². The number of nitrogens with zero attached hydrogens (tertiary/aromatic N) is 2. The molecule has 1 amide bonds. The van der Waals surface area contributed by atoms with Crippen molar-refractivity contribution in [2.75, 3.05) is 18.5 Å². The molecule has 0 bridgehead atoms. The summed E-state index contributed by atoms with van der Waals surface area (Å²) in [5, 5.41) is 7.03. The molecule has 0 radical (unpaired) electrons. The Morgan fingerprint density at radius 2 is 2.39 bits per heavy atom. The van der Waals surface area contributed by atoms with Crippen molar-refractivity contribution in [2.24, 2.45) is 5.92 Å². The van der Waals surface area contributed by atoms with Gasteiger partial charge in [0, 0.05) is 26.0 Å². The van der Waals surface area contributed by atoms with Crippen molar-refractivity contribution in [1.29, 1.82) is 0 Å². The number of hydrogen-bond donors (Lipinski definition) is 1. The zero-order valence-electron chi connectivity index (χ0n) is 10.6. The van der Waals surface area contributed by atoms with Crippen LogP contribution in [0.25, 0.3) is 0 Å². The summed E-state index contributed by atoms with van der Waals surface area (Å²) in [5.74, 6) is 0.501. The van der Waals surface area contributed by atoms with E-state index in [-0.39, 0.29) is 5.91 Å². The summed E-state index contributed by atoms with van der Waals surface area (Å²) in [4.78, 5) is 11.4. The number of aromatic nitrogens is 2. The Labute approximate surface area is 107 Å². The minimum absolute atomic E-state index is 0.122. The van der Waals surface area contributed by atoms with Gasteiger partial charge in [0.25, 0.3) is 0 Å². The van der Waals surface area contributed by atoms with Crippen molar-refractivity contribution >= 4 is 11.6 Å². The van der Waals surface area contributed by atoms with E-state index in [1.54, 1.807) is 12.3 Å². The summed E-state index contributed by atoms with van der Waals surface area (Å²) in [6.45, 7) is 4.39. The molecule has 2 rings (SSSR count). The van der Waals surface area contributed by atoms with E-state index in [9.17, 15) is 4.79 Å². The van der Waals surface area contributed by atoms with Gasteiger partial charge < -0.3 is 10.1 Å². The number of allylic oxidation sites excluding steroid dienone is 1. The Balaban J connectivity index is 1.87. The minimum Gasteiger partial charge on any atom is -0.381 e. The molecule has 1 saturated heterocycles. The second kappa shape index (κ2) is 6.35. The highest BCUT2D eigenvalue weighted by Gasteiger charge is 2.14. The van der Waals surface area contributed by atoms with E-state index in [2.05, 4.69) is 10.4 Å². The van der Waals surface area contributed by atoms with E-state index in [0.717, 1.165) is 38.3 Å². The molecule has 0 spiro atoms. The van der Waals surface area contributed by atoms with E-state index in [4.69, 9.17) is 4.74 Å². The van der Waals surface area contributed by atoms with Crippen molar-refractivity contribution in [2.45, 2.75) is 26.3 Å². The summed E-state index contributed by atoms with van der Waals surface area (Å²) >= 11 is 0. The van der Waals surface area contributed by atoms with Crippen LogP contribution in [0.3, 0.4) is 0 Å². The molecule has 98 valence electrons. The molecule has 1 aliphatic rings. The Bertz CT molecular complexity index is 420. The molecule has 5 nitrogen and oxygen atoms in total. The minimum atomic E-state index is -0.122. The monoisotopic (exact) mass is 249 g/mol. The molecular formula is C13H19N3O2. The Morgan fingerprint density at radius 1 is 1.61 bits per heavy atom. The third-order valence-corrected chi connectivity index (χ3v) is 3.00. The topological polar surface area (TPSA) is 56.2 Å². The normalized spacial score (nSPS) is 17.2. The predicted molar refractivity (Wildman–Crippen MR) is 69.2 cm³/mol. The van der Waals surface area contributed by atoms with Crippen LogP contribution in [-0.2, 0) is 16.1 Å². The van der Waals surface area contributed by atoms with Crippen molar-refractivity contribution in [3.63, 3.8) is 0 Å². The van der Waals surface area contributed by atoms with Gasteiger partial charge >= 0.3 is 0 Å². The van der Waals surface area contributed by atoms with E-state index >= 15 is 0 Å². The summed E-state index contributed by atoms with van der Waals surface area (Å²) in [5.41, 5.74) is 0.741. The van der Waals surface area contributed by atoms with Crippen LogP contribution in [0.15, 0.2) is 24.5 Å². The van der Waals surface area contributed by atoms with Crippen LogP contribution >= 0.6 is 0 Å². The quantitative estimate of drug-likeness (QED) is 0.828. The maximum absolute atomic E-state index is 11.4. The first-order valence-corrected chi connectivity index (χ1v) is 6.32. The molecule has 0 saturated carbocycles. The lowest BCUT2D eigenvalue weighted by Gasteiger charge is -2.21. The second-order valence-electron chi connectivity index (χ2n) is 4.50. The van der Waals surface area contributed by atoms with Gasteiger partial charge in [-0.3, -0.25) is 9.48 Å². The van der Waals surface area contributed by atoms with Crippen LogP contribution in [0.1, 0.15) is 19.8 Å². The molecule has 0 unspecified atom stereocenters. The second-order valence-corrected chi connectivity index (χ2v) is 4.50. The number of carbonyl (C=O) groups excluding carboxylic acids is 1. The Morgan fingerprint density at radius 3 is 3.11 bits per heavy atom. The molecule has 0 atom stereocenters. The van der Waals surface area contributed by atoms with E-state index in [1.165, 1.54) is 6.08 Å².